The molecular formula is C13H12N6O3. The van der Waals surface area contributed by atoms with Gasteiger partial charge in [-0.1, -0.05) is 0 Å². The highest BCUT2D eigenvalue weighted by molar-refractivity contribution is 5.81. The Morgan fingerprint density at radius 2 is 2.32 bits per heavy atom. The molecule has 0 radical (unpaired) electrons. The Balaban J connectivity index is 1.78. The summed E-state index contributed by atoms with van der Waals surface area (Å²) in [4.78, 5) is 24.7. The van der Waals surface area contributed by atoms with Crippen LogP contribution in [0.3, 0.4) is 0 Å². The standard InChI is InChI=1S/C13H12N6O3/c1-22-9-4-7(2-3-8(9)20)5-16-19-13-17-10-11(18-13)14-6-15-12(10)21/h2-6,20H,1H3,(H3,14,15,17,18,19,21). The van der Waals surface area contributed by atoms with Crippen molar-refractivity contribution in [2.45, 2.75) is 0 Å². The zero-order valence-electron chi connectivity index (χ0n) is 11.5. The first kappa shape index (κ1) is 13.6. The van der Waals surface area contributed by atoms with E-state index in [0.717, 1.165) is 0 Å². The molecule has 0 saturated carbocycles. The lowest BCUT2D eigenvalue weighted by molar-refractivity contribution is 0.373. The largest absolute Gasteiger partial charge is 0.504 e. The zero-order valence-corrected chi connectivity index (χ0v) is 11.5. The average Bonchev–Trinajstić information content (AvgIpc) is 2.93. The molecule has 2 aromatic heterocycles. The van der Waals surface area contributed by atoms with Crippen LogP contribution in [0.25, 0.3) is 11.2 Å². The number of hydrogen-bond donors (Lipinski definition) is 4. The second-order valence-corrected chi connectivity index (χ2v) is 4.32. The first-order valence-corrected chi connectivity index (χ1v) is 6.27. The van der Waals surface area contributed by atoms with E-state index in [1.54, 1.807) is 12.1 Å². The maximum absolute atomic E-state index is 11.5. The van der Waals surface area contributed by atoms with Crippen molar-refractivity contribution in [1.29, 1.82) is 0 Å². The highest BCUT2D eigenvalue weighted by Crippen LogP contribution is 2.25. The number of imidazole rings is 1. The first-order valence-electron chi connectivity index (χ1n) is 6.27. The minimum absolute atomic E-state index is 0.0511. The third kappa shape index (κ3) is 2.59. The molecule has 0 amide bonds. The molecule has 0 fully saturated rings. The predicted molar refractivity (Wildman–Crippen MR) is 80.4 cm³/mol. The summed E-state index contributed by atoms with van der Waals surface area (Å²) in [6, 6.07) is 4.81. The Bertz CT molecular complexity index is 898. The van der Waals surface area contributed by atoms with E-state index in [1.165, 1.54) is 25.7 Å². The van der Waals surface area contributed by atoms with Gasteiger partial charge in [-0.3, -0.25) is 4.79 Å². The number of nitrogens with one attached hydrogen (secondary N) is 3. The summed E-state index contributed by atoms with van der Waals surface area (Å²) < 4.78 is 5.01. The molecule has 0 aliphatic rings. The molecule has 0 unspecified atom stereocenters. The molecule has 0 saturated heterocycles. The van der Waals surface area contributed by atoms with Crippen molar-refractivity contribution < 1.29 is 9.84 Å². The quantitative estimate of drug-likeness (QED) is 0.417. The summed E-state index contributed by atoms with van der Waals surface area (Å²) >= 11 is 0. The Morgan fingerprint density at radius 1 is 1.45 bits per heavy atom. The number of rotatable bonds is 4. The van der Waals surface area contributed by atoms with Crippen LogP contribution in [0.5, 0.6) is 11.5 Å². The average molecular weight is 300 g/mol. The lowest BCUT2D eigenvalue weighted by atomic mass is 10.2. The monoisotopic (exact) mass is 300 g/mol. The van der Waals surface area contributed by atoms with Crippen LogP contribution in [0.4, 0.5) is 5.95 Å². The molecule has 4 N–H and O–H groups in total. The van der Waals surface area contributed by atoms with Crippen molar-refractivity contribution in [2.24, 2.45) is 5.10 Å². The van der Waals surface area contributed by atoms with Gasteiger partial charge in [0.1, 0.15) is 0 Å². The number of fused-ring (bicyclic) bond motifs is 1. The van der Waals surface area contributed by atoms with Gasteiger partial charge in [0, 0.05) is 0 Å². The number of anilines is 1. The van der Waals surface area contributed by atoms with Crippen LogP contribution < -0.4 is 15.7 Å². The van der Waals surface area contributed by atoms with Crippen molar-refractivity contribution in [2.75, 3.05) is 12.5 Å². The normalized spacial score (nSPS) is 11.1. The third-order valence-electron chi connectivity index (χ3n) is 2.88. The van der Waals surface area contributed by atoms with Gasteiger partial charge in [-0.05, 0) is 23.8 Å². The van der Waals surface area contributed by atoms with Crippen LogP contribution in [-0.4, -0.2) is 38.4 Å². The van der Waals surface area contributed by atoms with Crippen molar-refractivity contribution in [3.8, 4) is 11.5 Å². The molecule has 3 aromatic rings. The highest BCUT2D eigenvalue weighted by Gasteiger charge is 2.05. The number of phenols is 1. The van der Waals surface area contributed by atoms with Gasteiger partial charge in [-0.15, -0.1) is 0 Å². The number of aromatic nitrogens is 4. The summed E-state index contributed by atoms with van der Waals surface area (Å²) in [5, 5.41) is 13.5. The number of nitrogens with zero attached hydrogens (tertiary/aromatic N) is 3. The predicted octanol–water partition coefficient (Wildman–Crippen LogP) is 0.806. The van der Waals surface area contributed by atoms with E-state index in [2.05, 4.69) is 30.5 Å². The Kier molecular flexibility index (Phi) is 3.44. The van der Waals surface area contributed by atoms with Gasteiger partial charge in [0.25, 0.3) is 5.56 Å². The van der Waals surface area contributed by atoms with Gasteiger partial charge in [0.2, 0.25) is 5.95 Å². The van der Waals surface area contributed by atoms with Gasteiger partial charge >= 0.3 is 0 Å². The first-order chi connectivity index (χ1) is 10.7. The van der Waals surface area contributed by atoms with E-state index in [0.29, 0.717) is 22.9 Å². The lowest BCUT2D eigenvalue weighted by Gasteiger charge is -2.03. The number of aromatic amines is 2. The second kappa shape index (κ2) is 5.56. The Labute approximate surface area is 123 Å². The van der Waals surface area contributed by atoms with E-state index in [1.807, 2.05) is 0 Å². The molecule has 0 aliphatic heterocycles. The van der Waals surface area contributed by atoms with Crippen LogP contribution in [0.15, 0.2) is 34.4 Å². The minimum atomic E-state index is -0.308. The highest BCUT2D eigenvalue weighted by atomic mass is 16.5. The Morgan fingerprint density at radius 3 is 3.09 bits per heavy atom. The number of hydrogen-bond acceptors (Lipinski definition) is 7. The zero-order chi connectivity index (χ0) is 15.5. The van der Waals surface area contributed by atoms with E-state index in [9.17, 15) is 9.90 Å². The van der Waals surface area contributed by atoms with Gasteiger partial charge in [-0.25, -0.2) is 10.4 Å². The summed E-state index contributed by atoms with van der Waals surface area (Å²) in [5.74, 6) is 0.694. The fourth-order valence-electron chi connectivity index (χ4n) is 1.84. The fourth-order valence-corrected chi connectivity index (χ4v) is 1.84. The summed E-state index contributed by atoms with van der Waals surface area (Å²) in [5.41, 5.74) is 3.65. The van der Waals surface area contributed by atoms with Gasteiger partial charge in [-0.2, -0.15) is 10.1 Å². The van der Waals surface area contributed by atoms with E-state index >= 15 is 0 Å². The molecule has 3 rings (SSSR count). The SMILES string of the molecule is COc1cc(C=NNc2nc3nc[nH]c(=O)c3[nH]2)ccc1O. The van der Waals surface area contributed by atoms with Crippen molar-refractivity contribution in [1.82, 2.24) is 19.9 Å². The minimum Gasteiger partial charge on any atom is -0.504 e. The molecule has 0 atom stereocenters. The molecule has 2 heterocycles. The smallest absolute Gasteiger partial charge is 0.276 e. The van der Waals surface area contributed by atoms with E-state index in [-0.39, 0.29) is 16.8 Å². The van der Waals surface area contributed by atoms with Crippen molar-refractivity contribution in [3.63, 3.8) is 0 Å². The number of ether oxygens (including phenoxy) is 1. The number of hydrazone groups is 1. The lowest BCUT2D eigenvalue weighted by Crippen LogP contribution is -2.05. The molecule has 0 aliphatic carbocycles. The van der Waals surface area contributed by atoms with Gasteiger partial charge < -0.3 is 19.8 Å². The molecule has 0 spiro atoms. The number of methoxy groups -OCH3 is 1. The third-order valence-corrected chi connectivity index (χ3v) is 2.88. The molecule has 9 nitrogen and oxygen atoms in total. The molecule has 22 heavy (non-hydrogen) atoms. The number of benzene rings is 1. The summed E-state index contributed by atoms with van der Waals surface area (Å²) in [6.07, 6.45) is 2.80. The maximum Gasteiger partial charge on any atom is 0.276 e. The summed E-state index contributed by atoms with van der Waals surface area (Å²) in [7, 11) is 1.47. The van der Waals surface area contributed by atoms with Crippen molar-refractivity contribution in [3.05, 3.63) is 40.4 Å². The van der Waals surface area contributed by atoms with Crippen molar-refractivity contribution >= 4 is 23.3 Å². The Hall–Kier alpha value is -3.36. The topological polar surface area (TPSA) is 128 Å². The molecule has 0 bridgehead atoms. The van der Waals surface area contributed by atoms with Crippen LogP contribution in [0.2, 0.25) is 0 Å². The van der Waals surface area contributed by atoms with Crippen LogP contribution in [0.1, 0.15) is 5.56 Å². The maximum atomic E-state index is 11.5. The fraction of sp³-hybridized carbons (Fsp3) is 0.0769. The number of phenolic OH excluding ortho intramolecular Hbond substituents is 1. The van der Waals surface area contributed by atoms with E-state index < -0.39 is 0 Å². The molecule has 9 heteroatoms. The van der Waals surface area contributed by atoms with Crippen LogP contribution >= 0.6 is 0 Å². The number of aromatic hydroxyl groups is 1. The van der Waals surface area contributed by atoms with Gasteiger partial charge in [0.15, 0.2) is 22.7 Å². The molecule has 1 aromatic carbocycles. The van der Waals surface area contributed by atoms with Crippen LogP contribution in [0, 0.1) is 0 Å². The van der Waals surface area contributed by atoms with Gasteiger partial charge in [0.05, 0.1) is 19.7 Å². The van der Waals surface area contributed by atoms with E-state index in [4.69, 9.17) is 4.74 Å². The van der Waals surface area contributed by atoms with Crippen LogP contribution in [-0.2, 0) is 0 Å². The second-order valence-electron chi connectivity index (χ2n) is 4.32. The molecule has 112 valence electrons. The summed E-state index contributed by atoms with van der Waals surface area (Å²) in [6.45, 7) is 0. The molecular weight excluding hydrogens is 288 g/mol. The number of H-pyrrole nitrogens is 2.